The molecule has 7 heteroatoms. The maximum absolute atomic E-state index is 11.9. The quantitative estimate of drug-likeness (QED) is 0.868. The molecule has 128 valence electrons. The van der Waals surface area contributed by atoms with Crippen molar-refractivity contribution in [1.29, 1.82) is 0 Å². The van der Waals surface area contributed by atoms with E-state index in [9.17, 15) is 9.90 Å². The molecule has 2 N–H and O–H groups in total. The molecule has 1 aromatic heterocycles. The topological polar surface area (TPSA) is 80.7 Å². The summed E-state index contributed by atoms with van der Waals surface area (Å²) in [6, 6.07) is 5.66. The summed E-state index contributed by atoms with van der Waals surface area (Å²) >= 11 is 1.35. The van der Waals surface area contributed by atoms with Crippen LogP contribution >= 0.6 is 11.3 Å². The lowest BCUT2D eigenvalue weighted by atomic mass is 10.0. The molecule has 6 nitrogen and oxygen atoms in total. The van der Waals surface area contributed by atoms with Gasteiger partial charge in [0.05, 0.1) is 18.2 Å². The number of fused-ring (bicyclic) bond motifs is 1. The molecule has 0 spiro atoms. The Morgan fingerprint density at radius 1 is 1.33 bits per heavy atom. The molecule has 24 heavy (non-hydrogen) atoms. The normalized spacial score (nSPS) is 14.5. The Morgan fingerprint density at radius 3 is 2.83 bits per heavy atom. The molecule has 0 saturated carbocycles. The number of nitrogens with zero attached hydrogens (tertiary/aromatic N) is 1. The average Bonchev–Trinajstić information content (AvgIpc) is 3.02. The zero-order valence-electron chi connectivity index (χ0n) is 13.6. The van der Waals surface area contributed by atoms with E-state index < -0.39 is 6.10 Å². The van der Waals surface area contributed by atoms with Crippen LogP contribution in [0.25, 0.3) is 11.3 Å². The van der Waals surface area contributed by atoms with E-state index >= 15 is 0 Å². The van der Waals surface area contributed by atoms with Gasteiger partial charge < -0.3 is 19.9 Å². The van der Waals surface area contributed by atoms with Crippen molar-refractivity contribution in [2.75, 3.05) is 18.5 Å². The lowest BCUT2D eigenvalue weighted by Gasteiger charge is -2.18. The van der Waals surface area contributed by atoms with Crippen molar-refractivity contribution >= 4 is 22.4 Å². The number of carbonyl (C=O) groups is 1. The third-order valence-corrected chi connectivity index (χ3v) is 4.51. The van der Waals surface area contributed by atoms with Crippen LogP contribution in [-0.2, 0) is 4.79 Å². The number of benzene rings is 1. The molecule has 3 rings (SSSR count). The summed E-state index contributed by atoms with van der Waals surface area (Å²) in [6.45, 7) is 4.84. The highest BCUT2D eigenvalue weighted by molar-refractivity contribution is 7.14. The smallest absolute Gasteiger partial charge is 0.228 e. The molecule has 0 radical (unpaired) electrons. The predicted molar refractivity (Wildman–Crippen MR) is 92.6 cm³/mol. The summed E-state index contributed by atoms with van der Waals surface area (Å²) in [5.41, 5.74) is 1.66. The largest absolute Gasteiger partial charge is 0.486 e. The molecule has 0 fully saturated rings. The zero-order valence-corrected chi connectivity index (χ0v) is 14.4. The molecule has 1 amide bonds. The number of carbonyl (C=O) groups excluding carboxylic acids is 1. The van der Waals surface area contributed by atoms with Crippen LogP contribution < -0.4 is 14.8 Å². The van der Waals surface area contributed by atoms with Crippen LogP contribution in [0.15, 0.2) is 23.6 Å². The third-order valence-electron chi connectivity index (χ3n) is 3.75. The molecule has 0 bridgehead atoms. The minimum absolute atomic E-state index is 0.0420. The number of hydrogen-bond donors (Lipinski definition) is 2. The Kier molecular flexibility index (Phi) is 5.01. The van der Waals surface area contributed by atoms with Crippen LogP contribution in [0.1, 0.15) is 20.3 Å². The van der Waals surface area contributed by atoms with Gasteiger partial charge in [-0.2, -0.15) is 0 Å². The lowest BCUT2D eigenvalue weighted by molar-refractivity contribution is -0.118. The second kappa shape index (κ2) is 7.19. The molecule has 1 atom stereocenters. The van der Waals surface area contributed by atoms with Crippen LogP contribution in [0.3, 0.4) is 0 Å². The van der Waals surface area contributed by atoms with Gasteiger partial charge in [-0.15, -0.1) is 11.3 Å². The van der Waals surface area contributed by atoms with Crippen molar-refractivity contribution in [1.82, 2.24) is 4.98 Å². The Labute approximate surface area is 144 Å². The second-order valence-corrected chi connectivity index (χ2v) is 6.82. The number of ether oxygens (including phenoxy) is 2. The van der Waals surface area contributed by atoms with Crippen molar-refractivity contribution in [3.63, 3.8) is 0 Å². The minimum atomic E-state index is -0.651. The van der Waals surface area contributed by atoms with E-state index in [1.54, 1.807) is 0 Å². The minimum Gasteiger partial charge on any atom is -0.486 e. The van der Waals surface area contributed by atoms with Crippen LogP contribution in [0.5, 0.6) is 11.5 Å². The molecule has 1 aromatic carbocycles. The summed E-state index contributed by atoms with van der Waals surface area (Å²) < 4.78 is 11.1. The summed E-state index contributed by atoms with van der Waals surface area (Å²) in [5, 5.41) is 14.9. The fourth-order valence-electron chi connectivity index (χ4n) is 2.26. The number of amides is 1. The highest BCUT2D eigenvalue weighted by atomic mass is 32.1. The van der Waals surface area contributed by atoms with Crippen molar-refractivity contribution in [3.05, 3.63) is 23.6 Å². The fourth-order valence-corrected chi connectivity index (χ4v) is 3.00. The Bertz CT molecular complexity index is 729. The molecule has 2 aromatic rings. The summed E-state index contributed by atoms with van der Waals surface area (Å²) in [5.74, 6) is 1.24. The van der Waals surface area contributed by atoms with Gasteiger partial charge in [0, 0.05) is 10.9 Å². The zero-order chi connectivity index (χ0) is 17.1. The number of aliphatic hydroxyl groups excluding tert-OH is 1. The van der Waals surface area contributed by atoms with E-state index in [0.717, 1.165) is 17.0 Å². The van der Waals surface area contributed by atoms with E-state index in [0.29, 0.717) is 24.1 Å². The van der Waals surface area contributed by atoms with E-state index in [2.05, 4.69) is 10.3 Å². The molecule has 1 aliphatic heterocycles. The molecule has 0 aliphatic carbocycles. The first-order chi connectivity index (χ1) is 11.5. The molecular weight excluding hydrogens is 328 g/mol. The van der Waals surface area contributed by atoms with Crippen LogP contribution in [-0.4, -0.2) is 35.3 Å². The lowest BCUT2D eigenvalue weighted by Crippen LogP contribution is -2.23. The summed E-state index contributed by atoms with van der Waals surface area (Å²) in [7, 11) is 0. The van der Waals surface area contributed by atoms with Gasteiger partial charge >= 0.3 is 0 Å². The maximum atomic E-state index is 11.9. The van der Waals surface area contributed by atoms with Crippen LogP contribution in [0.4, 0.5) is 5.13 Å². The molecule has 0 saturated heterocycles. The number of anilines is 1. The van der Waals surface area contributed by atoms with Gasteiger partial charge in [-0.1, -0.05) is 13.8 Å². The summed E-state index contributed by atoms with van der Waals surface area (Å²) in [4.78, 5) is 16.4. The first-order valence-corrected chi connectivity index (χ1v) is 8.74. The van der Waals surface area contributed by atoms with Crippen molar-refractivity contribution < 1.29 is 19.4 Å². The first kappa shape index (κ1) is 16.7. The van der Waals surface area contributed by atoms with Gasteiger partial charge in [0.2, 0.25) is 5.91 Å². The Hall–Kier alpha value is -2.12. The molecule has 2 heterocycles. The van der Waals surface area contributed by atoms with Crippen LogP contribution in [0.2, 0.25) is 0 Å². The number of nitrogens with one attached hydrogen (secondary N) is 1. The predicted octanol–water partition coefficient (Wildman–Crippen LogP) is 2.93. The number of thiazole rings is 1. The van der Waals surface area contributed by atoms with Gasteiger partial charge in [-0.3, -0.25) is 4.79 Å². The number of rotatable bonds is 5. The van der Waals surface area contributed by atoms with Gasteiger partial charge in [-0.25, -0.2) is 4.98 Å². The SMILES string of the molecule is CC(C)C(O)CC(=O)Nc1nc(-c2ccc3c(c2)OCCO3)cs1. The summed E-state index contributed by atoms with van der Waals surface area (Å²) in [6.07, 6.45) is -0.585. The van der Waals surface area contributed by atoms with Crippen molar-refractivity contribution in [2.45, 2.75) is 26.4 Å². The van der Waals surface area contributed by atoms with E-state index in [-0.39, 0.29) is 18.2 Å². The Morgan fingerprint density at radius 2 is 2.08 bits per heavy atom. The van der Waals surface area contributed by atoms with E-state index in [4.69, 9.17) is 9.47 Å². The van der Waals surface area contributed by atoms with Gasteiger partial charge in [0.25, 0.3) is 0 Å². The molecule has 1 unspecified atom stereocenters. The Balaban J connectivity index is 1.68. The second-order valence-electron chi connectivity index (χ2n) is 5.96. The van der Waals surface area contributed by atoms with Crippen molar-refractivity contribution in [3.8, 4) is 22.8 Å². The number of aromatic nitrogens is 1. The highest BCUT2D eigenvalue weighted by Gasteiger charge is 2.17. The first-order valence-electron chi connectivity index (χ1n) is 7.86. The number of aliphatic hydroxyl groups is 1. The highest BCUT2D eigenvalue weighted by Crippen LogP contribution is 2.35. The van der Waals surface area contributed by atoms with E-state index in [1.165, 1.54) is 11.3 Å². The molecule has 1 aliphatic rings. The average molecular weight is 348 g/mol. The maximum Gasteiger partial charge on any atom is 0.228 e. The standard InChI is InChI=1S/C17H20N2O4S/c1-10(2)13(20)8-16(21)19-17-18-12(9-24-17)11-3-4-14-15(7-11)23-6-5-22-14/h3-4,7,9-10,13,20H,5-6,8H2,1-2H3,(H,18,19,21). The number of hydrogen-bond acceptors (Lipinski definition) is 6. The molecular formula is C17H20N2O4S. The monoisotopic (exact) mass is 348 g/mol. The van der Waals surface area contributed by atoms with Crippen molar-refractivity contribution in [2.24, 2.45) is 5.92 Å². The van der Waals surface area contributed by atoms with Gasteiger partial charge in [0.1, 0.15) is 13.2 Å². The van der Waals surface area contributed by atoms with Crippen LogP contribution in [0, 0.1) is 5.92 Å². The van der Waals surface area contributed by atoms with E-state index in [1.807, 2.05) is 37.4 Å². The van der Waals surface area contributed by atoms with Gasteiger partial charge in [0.15, 0.2) is 16.6 Å². The third kappa shape index (κ3) is 3.85. The fraction of sp³-hybridized carbons (Fsp3) is 0.412. The van der Waals surface area contributed by atoms with Gasteiger partial charge in [-0.05, 0) is 24.1 Å².